The minimum atomic E-state index is -0.363. The van der Waals surface area contributed by atoms with Crippen LogP contribution in [0.25, 0.3) is 0 Å². The maximum Gasteiger partial charge on any atom is 0.170 e. The van der Waals surface area contributed by atoms with Crippen LogP contribution in [0.1, 0.15) is 37.8 Å². The third-order valence-corrected chi connectivity index (χ3v) is 5.15. The summed E-state index contributed by atoms with van der Waals surface area (Å²) in [5.74, 6) is 1.29. The second kappa shape index (κ2) is 4.52. The molecule has 4 nitrogen and oxygen atoms in total. The number of hydrogen-bond donors (Lipinski definition) is 1. The first kappa shape index (κ1) is 12.7. The topological polar surface area (TPSA) is 57.4 Å². The number of ether oxygens (including phenoxy) is 2. The van der Waals surface area contributed by atoms with Crippen LogP contribution in [0.4, 0.5) is 0 Å². The molecular weight excluding hydrogens is 252 g/mol. The maximum absolute atomic E-state index is 6.59. The fourth-order valence-corrected chi connectivity index (χ4v) is 4.08. The second-order valence-electron chi connectivity index (χ2n) is 6.52. The number of nitrogens with zero attached hydrogens (tertiary/aromatic N) is 1. The van der Waals surface area contributed by atoms with Gasteiger partial charge in [0.2, 0.25) is 0 Å². The van der Waals surface area contributed by atoms with Crippen molar-refractivity contribution < 1.29 is 9.47 Å². The predicted molar refractivity (Wildman–Crippen MR) is 74.8 cm³/mol. The third-order valence-electron chi connectivity index (χ3n) is 5.15. The SMILES string of the molecule is NCCC1(c2ccccn2)CCOC2(CC3CC3C2)O1. The van der Waals surface area contributed by atoms with Gasteiger partial charge < -0.3 is 15.2 Å². The van der Waals surface area contributed by atoms with E-state index in [1.807, 2.05) is 18.3 Å². The molecule has 2 heterocycles. The first-order valence-corrected chi connectivity index (χ1v) is 7.71. The smallest absolute Gasteiger partial charge is 0.170 e. The normalized spacial score (nSPS) is 42.6. The summed E-state index contributed by atoms with van der Waals surface area (Å²) < 4.78 is 12.6. The molecule has 1 spiro atoms. The van der Waals surface area contributed by atoms with Gasteiger partial charge in [-0.1, -0.05) is 6.07 Å². The van der Waals surface area contributed by atoms with E-state index in [1.165, 1.54) is 6.42 Å². The van der Waals surface area contributed by atoms with E-state index in [4.69, 9.17) is 15.2 Å². The van der Waals surface area contributed by atoms with Crippen molar-refractivity contribution in [3.63, 3.8) is 0 Å². The summed E-state index contributed by atoms with van der Waals surface area (Å²) >= 11 is 0. The molecule has 0 radical (unpaired) electrons. The zero-order valence-electron chi connectivity index (χ0n) is 11.8. The van der Waals surface area contributed by atoms with Gasteiger partial charge in [0.1, 0.15) is 5.60 Å². The monoisotopic (exact) mass is 274 g/mol. The fourth-order valence-electron chi connectivity index (χ4n) is 4.08. The molecule has 3 unspecified atom stereocenters. The Morgan fingerprint density at radius 2 is 2.15 bits per heavy atom. The lowest BCUT2D eigenvalue weighted by Crippen LogP contribution is -2.50. The van der Waals surface area contributed by atoms with Crippen LogP contribution in [0, 0.1) is 11.8 Å². The summed E-state index contributed by atoms with van der Waals surface area (Å²) in [7, 11) is 0. The highest BCUT2D eigenvalue weighted by atomic mass is 16.7. The van der Waals surface area contributed by atoms with E-state index in [2.05, 4.69) is 11.1 Å². The first-order valence-electron chi connectivity index (χ1n) is 7.71. The number of rotatable bonds is 3. The molecule has 2 aliphatic carbocycles. The third kappa shape index (κ3) is 1.98. The Morgan fingerprint density at radius 1 is 1.30 bits per heavy atom. The first-order chi connectivity index (χ1) is 9.75. The molecule has 108 valence electrons. The van der Waals surface area contributed by atoms with E-state index in [9.17, 15) is 0 Å². The van der Waals surface area contributed by atoms with Gasteiger partial charge in [0, 0.05) is 25.5 Å². The lowest BCUT2D eigenvalue weighted by molar-refractivity contribution is -0.335. The van der Waals surface area contributed by atoms with Gasteiger partial charge in [-0.25, -0.2) is 0 Å². The largest absolute Gasteiger partial charge is 0.350 e. The van der Waals surface area contributed by atoms with Crippen LogP contribution in [0.2, 0.25) is 0 Å². The van der Waals surface area contributed by atoms with Gasteiger partial charge in [-0.05, 0) is 43.4 Å². The zero-order chi connectivity index (χ0) is 13.6. The van der Waals surface area contributed by atoms with E-state index in [-0.39, 0.29) is 11.4 Å². The summed E-state index contributed by atoms with van der Waals surface area (Å²) in [6.07, 6.45) is 6.96. The van der Waals surface area contributed by atoms with Crippen molar-refractivity contribution in [2.24, 2.45) is 17.6 Å². The van der Waals surface area contributed by atoms with Crippen molar-refractivity contribution in [3.05, 3.63) is 30.1 Å². The van der Waals surface area contributed by atoms with Crippen LogP contribution in [0.15, 0.2) is 24.4 Å². The number of hydrogen-bond acceptors (Lipinski definition) is 4. The number of nitrogens with two attached hydrogens (primary N) is 1. The van der Waals surface area contributed by atoms with Gasteiger partial charge >= 0.3 is 0 Å². The summed E-state index contributed by atoms with van der Waals surface area (Å²) in [5, 5.41) is 0. The Labute approximate surface area is 119 Å². The van der Waals surface area contributed by atoms with E-state index in [0.29, 0.717) is 6.54 Å². The highest BCUT2D eigenvalue weighted by molar-refractivity contribution is 5.16. The Kier molecular flexibility index (Phi) is 2.88. The Morgan fingerprint density at radius 3 is 2.85 bits per heavy atom. The fraction of sp³-hybridized carbons (Fsp3) is 0.688. The quantitative estimate of drug-likeness (QED) is 0.918. The van der Waals surface area contributed by atoms with Crippen LogP contribution >= 0.6 is 0 Å². The second-order valence-corrected chi connectivity index (χ2v) is 6.52. The van der Waals surface area contributed by atoms with Gasteiger partial charge in [-0.3, -0.25) is 4.98 Å². The average Bonchev–Trinajstić information content (AvgIpc) is 3.08. The van der Waals surface area contributed by atoms with Crippen molar-refractivity contribution in [1.29, 1.82) is 0 Å². The van der Waals surface area contributed by atoms with Crippen LogP contribution in [0.5, 0.6) is 0 Å². The van der Waals surface area contributed by atoms with Crippen molar-refractivity contribution >= 4 is 0 Å². The summed E-state index contributed by atoms with van der Waals surface area (Å²) in [6.45, 7) is 1.36. The van der Waals surface area contributed by atoms with Crippen LogP contribution in [-0.4, -0.2) is 23.9 Å². The van der Waals surface area contributed by atoms with Crippen molar-refractivity contribution in [2.45, 2.75) is 43.5 Å². The summed E-state index contributed by atoms with van der Waals surface area (Å²) in [4.78, 5) is 4.54. The van der Waals surface area contributed by atoms with Gasteiger partial charge in [-0.15, -0.1) is 0 Å². The minimum Gasteiger partial charge on any atom is -0.350 e. The molecule has 4 heteroatoms. The Hall–Kier alpha value is -0.970. The van der Waals surface area contributed by atoms with Crippen molar-refractivity contribution in [3.8, 4) is 0 Å². The molecule has 0 aromatic carbocycles. The van der Waals surface area contributed by atoms with Crippen LogP contribution in [0.3, 0.4) is 0 Å². The molecule has 4 rings (SSSR count). The van der Waals surface area contributed by atoms with Gasteiger partial charge in [-0.2, -0.15) is 0 Å². The van der Waals surface area contributed by atoms with Gasteiger partial charge in [0.05, 0.1) is 12.3 Å². The minimum absolute atomic E-state index is 0.356. The number of pyridine rings is 1. The zero-order valence-corrected chi connectivity index (χ0v) is 11.8. The Balaban J connectivity index is 1.65. The van der Waals surface area contributed by atoms with Gasteiger partial charge in [0.15, 0.2) is 5.79 Å². The predicted octanol–water partition coefficient (Wildman–Crippen LogP) is 2.19. The van der Waals surface area contributed by atoms with Crippen LogP contribution < -0.4 is 5.73 Å². The molecule has 2 N–H and O–H groups in total. The van der Waals surface area contributed by atoms with E-state index < -0.39 is 0 Å². The lowest BCUT2D eigenvalue weighted by atomic mass is 9.88. The van der Waals surface area contributed by atoms with E-state index in [0.717, 1.165) is 49.8 Å². The molecule has 20 heavy (non-hydrogen) atoms. The van der Waals surface area contributed by atoms with Crippen LogP contribution in [-0.2, 0) is 15.1 Å². The highest BCUT2D eigenvalue weighted by Gasteiger charge is 2.59. The average molecular weight is 274 g/mol. The molecule has 1 saturated heterocycles. The number of aromatic nitrogens is 1. The molecule has 0 amide bonds. The van der Waals surface area contributed by atoms with E-state index >= 15 is 0 Å². The van der Waals surface area contributed by atoms with Gasteiger partial charge in [0.25, 0.3) is 0 Å². The molecular formula is C16H22N2O2. The van der Waals surface area contributed by atoms with E-state index in [1.54, 1.807) is 0 Å². The molecule has 1 aromatic heterocycles. The Bertz CT molecular complexity index is 479. The highest BCUT2D eigenvalue weighted by Crippen LogP contribution is 2.60. The molecule has 0 bridgehead atoms. The summed E-state index contributed by atoms with van der Waals surface area (Å²) in [6, 6.07) is 6.03. The standard InChI is InChI=1S/C16H22N2O2/c17-6-4-15(14-3-1-2-7-18-14)5-8-19-16(20-15)10-12-9-13(12)11-16/h1-3,7,12-13H,4-6,8-11,17H2. The van der Waals surface area contributed by atoms with Crippen molar-refractivity contribution in [2.75, 3.05) is 13.2 Å². The molecule has 3 atom stereocenters. The molecule has 2 saturated carbocycles. The maximum atomic E-state index is 6.59. The molecule has 3 fully saturated rings. The molecule has 1 aromatic rings. The lowest BCUT2D eigenvalue weighted by Gasteiger charge is -2.47. The molecule has 3 aliphatic rings. The summed E-state index contributed by atoms with van der Waals surface area (Å²) in [5.41, 5.74) is 6.51. The number of fused-ring (bicyclic) bond motifs is 1. The van der Waals surface area contributed by atoms with Crippen molar-refractivity contribution in [1.82, 2.24) is 4.98 Å². The molecule has 1 aliphatic heterocycles.